The molecule has 0 fully saturated rings. The van der Waals surface area contributed by atoms with Crippen molar-refractivity contribution in [3.05, 3.63) is 105 Å². The second kappa shape index (κ2) is 8.39. The number of hydrogen-bond donors (Lipinski definition) is 0. The smallest absolute Gasteiger partial charge is 0.363 e. The van der Waals surface area contributed by atoms with Gasteiger partial charge in [-0.15, -0.1) is 0 Å². The monoisotopic (exact) mass is 481 g/mol. The Morgan fingerprint density at radius 1 is 0.964 bits per heavy atom. The summed E-state index contributed by atoms with van der Waals surface area (Å²) in [6.07, 6.45) is 1.70. The van der Waals surface area contributed by atoms with Crippen LogP contribution in [0.15, 0.2) is 89.6 Å². The van der Waals surface area contributed by atoms with Crippen molar-refractivity contribution in [3.63, 3.8) is 0 Å². The fourth-order valence-electron chi connectivity index (χ4n) is 2.78. The van der Waals surface area contributed by atoms with Crippen LogP contribution in [0.1, 0.15) is 16.7 Å². The first-order chi connectivity index (χ1) is 13.7. The molecule has 3 aromatic carbocycles. The minimum Gasteiger partial charge on any atom is -0.488 e. The van der Waals surface area contributed by atoms with Gasteiger partial charge in [0.2, 0.25) is 5.90 Å². The third-order valence-electron chi connectivity index (χ3n) is 4.14. The lowest BCUT2D eigenvalue weighted by Crippen LogP contribution is -2.05. The van der Waals surface area contributed by atoms with Gasteiger partial charge in [0.05, 0.1) is 0 Å². The molecule has 0 saturated carbocycles. The van der Waals surface area contributed by atoms with E-state index >= 15 is 0 Å². The Kier molecular flexibility index (Phi) is 5.53. The molecule has 0 unspecified atom stereocenters. The highest BCUT2D eigenvalue weighted by Gasteiger charge is 2.24. The van der Waals surface area contributed by atoms with Crippen molar-refractivity contribution in [1.29, 1.82) is 0 Å². The normalized spacial score (nSPS) is 14.7. The number of ether oxygens (including phenoxy) is 2. The number of carbonyl (C=O) groups is 1. The molecule has 28 heavy (non-hydrogen) atoms. The van der Waals surface area contributed by atoms with Gasteiger partial charge < -0.3 is 9.47 Å². The van der Waals surface area contributed by atoms with Crippen LogP contribution in [0, 0.1) is 3.57 Å². The van der Waals surface area contributed by atoms with Crippen LogP contribution in [-0.4, -0.2) is 11.9 Å². The lowest BCUT2D eigenvalue weighted by atomic mass is 10.1. The number of nitrogens with zero attached hydrogens (tertiary/aromatic N) is 1. The van der Waals surface area contributed by atoms with E-state index in [2.05, 4.69) is 33.6 Å². The Morgan fingerprint density at radius 3 is 2.57 bits per heavy atom. The molecule has 0 N–H and O–H groups in total. The molecule has 0 aromatic heterocycles. The van der Waals surface area contributed by atoms with E-state index in [0.29, 0.717) is 18.3 Å². The van der Waals surface area contributed by atoms with Crippen molar-refractivity contribution in [1.82, 2.24) is 0 Å². The van der Waals surface area contributed by atoms with E-state index in [9.17, 15) is 4.79 Å². The number of hydrogen-bond acceptors (Lipinski definition) is 4. The zero-order chi connectivity index (χ0) is 19.3. The molecule has 1 heterocycles. The van der Waals surface area contributed by atoms with Crippen LogP contribution in [-0.2, 0) is 16.1 Å². The van der Waals surface area contributed by atoms with Gasteiger partial charge in [-0.05, 0) is 64.6 Å². The number of benzene rings is 3. The van der Waals surface area contributed by atoms with Gasteiger partial charge in [0.25, 0.3) is 0 Å². The molecule has 3 aromatic rings. The van der Waals surface area contributed by atoms with Gasteiger partial charge in [0, 0.05) is 14.7 Å². The summed E-state index contributed by atoms with van der Waals surface area (Å²) in [5, 5.41) is 0. The van der Waals surface area contributed by atoms with E-state index in [4.69, 9.17) is 9.47 Å². The van der Waals surface area contributed by atoms with Crippen LogP contribution in [0.3, 0.4) is 0 Å². The predicted molar refractivity (Wildman–Crippen MR) is 117 cm³/mol. The average Bonchev–Trinajstić information content (AvgIpc) is 3.08. The number of para-hydroxylation sites is 1. The Morgan fingerprint density at radius 2 is 1.75 bits per heavy atom. The minimum atomic E-state index is -0.466. The Bertz CT molecular complexity index is 1070. The number of cyclic esters (lactones) is 1. The van der Waals surface area contributed by atoms with Crippen LogP contribution in [0.25, 0.3) is 6.08 Å². The Balaban J connectivity index is 1.58. The predicted octanol–water partition coefficient (Wildman–Crippen LogP) is 5.21. The molecule has 0 atom stereocenters. The molecule has 0 bridgehead atoms. The van der Waals surface area contributed by atoms with Gasteiger partial charge in [-0.25, -0.2) is 9.79 Å². The number of aliphatic imine (C=N–C) groups is 1. The zero-order valence-electron chi connectivity index (χ0n) is 14.8. The van der Waals surface area contributed by atoms with Gasteiger partial charge in [-0.3, -0.25) is 0 Å². The summed E-state index contributed by atoms with van der Waals surface area (Å²) >= 11 is 2.28. The zero-order valence-corrected chi connectivity index (χ0v) is 17.0. The molecule has 0 radical (unpaired) electrons. The maximum atomic E-state index is 12.2. The van der Waals surface area contributed by atoms with E-state index in [-0.39, 0.29) is 5.70 Å². The summed E-state index contributed by atoms with van der Waals surface area (Å²) < 4.78 is 12.5. The van der Waals surface area contributed by atoms with Gasteiger partial charge >= 0.3 is 5.97 Å². The van der Waals surface area contributed by atoms with E-state index in [1.54, 1.807) is 6.08 Å². The molecule has 4 rings (SSSR count). The van der Waals surface area contributed by atoms with Crippen molar-refractivity contribution in [3.8, 4) is 5.75 Å². The minimum absolute atomic E-state index is 0.254. The first-order valence-electron chi connectivity index (χ1n) is 8.73. The highest BCUT2D eigenvalue weighted by atomic mass is 127. The summed E-state index contributed by atoms with van der Waals surface area (Å²) in [6, 6.07) is 25.1. The number of halogens is 1. The lowest BCUT2D eigenvalue weighted by molar-refractivity contribution is -0.129. The molecule has 138 valence electrons. The Labute approximate surface area is 176 Å². The van der Waals surface area contributed by atoms with Crippen LogP contribution in [0.4, 0.5) is 0 Å². The highest BCUT2D eigenvalue weighted by molar-refractivity contribution is 14.1. The molecule has 5 heteroatoms. The second-order valence-electron chi connectivity index (χ2n) is 6.16. The van der Waals surface area contributed by atoms with Gasteiger partial charge in [0.1, 0.15) is 12.4 Å². The van der Waals surface area contributed by atoms with Crippen LogP contribution >= 0.6 is 22.6 Å². The summed E-state index contributed by atoms with van der Waals surface area (Å²) in [7, 11) is 0. The van der Waals surface area contributed by atoms with E-state index in [0.717, 1.165) is 20.3 Å². The van der Waals surface area contributed by atoms with Crippen molar-refractivity contribution in [2.24, 2.45) is 4.99 Å². The third kappa shape index (κ3) is 4.31. The average molecular weight is 481 g/mol. The van der Waals surface area contributed by atoms with Gasteiger partial charge in [-0.1, -0.05) is 48.5 Å². The Hall–Kier alpha value is -2.93. The van der Waals surface area contributed by atoms with Crippen molar-refractivity contribution >= 4 is 40.5 Å². The molecule has 0 spiro atoms. The van der Waals surface area contributed by atoms with Crippen molar-refractivity contribution in [2.75, 3.05) is 0 Å². The SMILES string of the molecule is O=C1OC(c2ccccc2)=NC1=Cc1ccccc1OCc1cccc(I)c1. The maximum Gasteiger partial charge on any atom is 0.363 e. The molecule has 0 aliphatic carbocycles. The molecular weight excluding hydrogens is 465 g/mol. The second-order valence-corrected chi connectivity index (χ2v) is 7.40. The standard InChI is InChI=1S/C23H16INO3/c24-19-11-6-7-16(13-19)15-27-21-12-5-4-10-18(21)14-20-23(26)28-22(25-20)17-8-2-1-3-9-17/h1-14H,15H2. The molecule has 4 nitrogen and oxygen atoms in total. The van der Waals surface area contributed by atoms with Crippen molar-refractivity contribution in [2.45, 2.75) is 6.61 Å². The molecular formula is C23H16INO3. The van der Waals surface area contributed by atoms with E-state index < -0.39 is 5.97 Å². The molecule has 1 aliphatic rings. The topological polar surface area (TPSA) is 47.9 Å². The van der Waals surface area contributed by atoms with E-state index in [1.807, 2.05) is 72.8 Å². The van der Waals surface area contributed by atoms with Crippen LogP contribution in [0.5, 0.6) is 5.75 Å². The number of esters is 1. The molecule has 0 amide bonds. The number of rotatable bonds is 5. The highest BCUT2D eigenvalue weighted by Crippen LogP contribution is 2.25. The van der Waals surface area contributed by atoms with Gasteiger partial charge in [-0.2, -0.15) is 0 Å². The van der Waals surface area contributed by atoms with Gasteiger partial charge in [0.15, 0.2) is 5.70 Å². The third-order valence-corrected chi connectivity index (χ3v) is 4.81. The first-order valence-corrected chi connectivity index (χ1v) is 9.81. The van der Waals surface area contributed by atoms with Crippen molar-refractivity contribution < 1.29 is 14.3 Å². The maximum absolute atomic E-state index is 12.2. The molecule has 1 aliphatic heterocycles. The summed E-state index contributed by atoms with van der Waals surface area (Å²) in [5.41, 5.74) is 2.88. The first kappa shape index (κ1) is 18.4. The summed E-state index contributed by atoms with van der Waals surface area (Å²) in [6.45, 7) is 0.444. The quantitative estimate of drug-likeness (QED) is 0.286. The molecule has 0 saturated heterocycles. The fraction of sp³-hybridized carbons (Fsp3) is 0.0435. The van der Waals surface area contributed by atoms with E-state index in [1.165, 1.54) is 0 Å². The number of carbonyl (C=O) groups excluding carboxylic acids is 1. The largest absolute Gasteiger partial charge is 0.488 e. The van der Waals surface area contributed by atoms with Crippen LogP contribution < -0.4 is 4.74 Å². The summed E-state index contributed by atoms with van der Waals surface area (Å²) in [4.78, 5) is 16.6. The van der Waals surface area contributed by atoms with Crippen LogP contribution in [0.2, 0.25) is 0 Å². The lowest BCUT2D eigenvalue weighted by Gasteiger charge is -2.09. The fourth-order valence-corrected chi connectivity index (χ4v) is 3.39. The summed E-state index contributed by atoms with van der Waals surface area (Å²) in [5.74, 6) is 0.533.